The summed E-state index contributed by atoms with van der Waals surface area (Å²) in [6, 6.07) is 12.0. The van der Waals surface area contributed by atoms with E-state index in [9.17, 15) is 18.5 Å². The minimum absolute atomic E-state index is 0.0905. The molecule has 0 bridgehead atoms. The molecule has 9 heteroatoms. The van der Waals surface area contributed by atoms with E-state index >= 15 is 0 Å². The van der Waals surface area contributed by atoms with Crippen LogP contribution in [0.25, 0.3) is 0 Å². The van der Waals surface area contributed by atoms with Gasteiger partial charge in [-0.1, -0.05) is 41.9 Å². The Morgan fingerprint density at radius 3 is 2.42 bits per heavy atom. The van der Waals surface area contributed by atoms with Crippen molar-refractivity contribution in [3.63, 3.8) is 0 Å². The second kappa shape index (κ2) is 8.59. The summed E-state index contributed by atoms with van der Waals surface area (Å²) < 4.78 is 27.3. The number of rotatable bonds is 8. The smallest absolute Gasteiger partial charge is 0.289 e. The maximum absolute atomic E-state index is 13.1. The summed E-state index contributed by atoms with van der Waals surface area (Å²) in [5.74, 6) is 0. The summed E-state index contributed by atoms with van der Waals surface area (Å²) in [5, 5.41) is 10.8. The lowest BCUT2D eigenvalue weighted by Crippen LogP contribution is -2.37. The van der Waals surface area contributed by atoms with Crippen LogP contribution in [0.5, 0.6) is 0 Å². The highest BCUT2D eigenvalue weighted by atomic mass is 35.5. The summed E-state index contributed by atoms with van der Waals surface area (Å²) >= 11 is 6.04. The molecule has 0 saturated heterocycles. The summed E-state index contributed by atoms with van der Waals surface area (Å²) in [6.45, 7) is 1.99. The highest BCUT2D eigenvalue weighted by molar-refractivity contribution is 7.89. The molecule has 7 nitrogen and oxygen atoms in total. The number of nitro benzene ring substituents is 1. The zero-order chi connectivity index (χ0) is 19.3. The molecule has 0 aliphatic rings. The van der Waals surface area contributed by atoms with Crippen molar-refractivity contribution in [2.45, 2.75) is 18.2 Å². The molecule has 0 aliphatic carbocycles. The van der Waals surface area contributed by atoms with Gasteiger partial charge in [-0.3, -0.25) is 10.1 Å². The predicted octanol–water partition coefficient (Wildman–Crippen LogP) is 2.75. The largest absolute Gasteiger partial charge is 0.329 e. The minimum Gasteiger partial charge on any atom is -0.329 e. The van der Waals surface area contributed by atoms with E-state index in [0.717, 1.165) is 5.56 Å². The van der Waals surface area contributed by atoms with Crippen molar-refractivity contribution in [2.24, 2.45) is 5.73 Å². The zero-order valence-corrected chi connectivity index (χ0v) is 15.8. The van der Waals surface area contributed by atoms with Crippen LogP contribution in [0.3, 0.4) is 0 Å². The Hall–Kier alpha value is -2.00. The van der Waals surface area contributed by atoms with Crippen molar-refractivity contribution >= 4 is 27.3 Å². The van der Waals surface area contributed by atoms with E-state index < -0.39 is 20.6 Å². The van der Waals surface area contributed by atoms with E-state index in [2.05, 4.69) is 0 Å². The first-order chi connectivity index (χ1) is 12.3. The number of nitrogens with two attached hydrogens (primary N) is 1. The van der Waals surface area contributed by atoms with Crippen LogP contribution in [0.4, 0.5) is 5.69 Å². The van der Waals surface area contributed by atoms with Gasteiger partial charge in [0, 0.05) is 25.7 Å². The van der Waals surface area contributed by atoms with Crippen LogP contribution in [-0.2, 0) is 16.4 Å². The molecule has 2 rings (SSSR count). The van der Waals surface area contributed by atoms with Gasteiger partial charge in [0.05, 0.1) is 4.92 Å². The highest BCUT2D eigenvalue weighted by Gasteiger charge is 2.30. The van der Waals surface area contributed by atoms with Gasteiger partial charge < -0.3 is 5.73 Å². The number of nitro groups is 1. The fourth-order valence-electron chi connectivity index (χ4n) is 2.57. The molecule has 2 N–H and O–H groups in total. The number of hydrogen-bond acceptors (Lipinski definition) is 5. The quantitative estimate of drug-likeness (QED) is 0.544. The van der Waals surface area contributed by atoms with E-state index in [1.165, 1.54) is 16.4 Å². The molecule has 0 aromatic heterocycles. The molecule has 0 radical (unpaired) electrons. The Labute approximate surface area is 157 Å². The van der Waals surface area contributed by atoms with Gasteiger partial charge in [-0.25, -0.2) is 8.42 Å². The SMILES string of the molecule is Cc1cc([N+](=O)[O-])c(Cl)c(S(=O)(=O)N(CCN)CCc2ccccc2)c1. The Morgan fingerprint density at radius 2 is 1.85 bits per heavy atom. The maximum Gasteiger partial charge on any atom is 0.289 e. The Morgan fingerprint density at radius 1 is 1.19 bits per heavy atom. The van der Waals surface area contributed by atoms with Crippen molar-refractivity contribution in [3.8, 4) is 0 Å². The average Bonchev–Trinajstić information content (AvgIpc) is 2.60. The zero-order valence-electron chi connectivity index (χ0n) is 14.3. The van der Waals surface area contributed by atoms with Crippen LogP contribution < -0.4 is 5.73 Å². The van der Waals surface area contributed by atoms with Crippen molar-refractivity contribution in [2.75, 3.05) is 19.6 Å². The van der Waals surface area contributed by atoms with Gasteiger partial charge in [-0.2, -0.15) is 4.31 Å². The first-order valence-corrected chi connectivity index (χ1v) is 9.78. The van der Waals surface area contributed by atoms with E-state index in [1.807, 2.05) is 30.3 Å². The number of nitrogens with zero attached hydrogens (tertiary/aromatic N) is 2. The third kappa shape index (κ3) is 4.59. The van der Waals surface area contributed by atoms with Gasteiger partial charge in [0.25, 0.3) is 5.69 Å². The summed E-state index contributed by atoms with van der Waals surface area (Å²) in [6.07, 6.45) is 0.492. The lowest BCUT2D eigenvalue weighted by atomic mass is 10.1. The lowest BCUT2D eigenvalue weighted by Gasteiger charge is -2.22. The van der Waals surface area contributed by atoms with Crippen molar-refractivity contribution in [3.05, 3.63) is 68.7 Å². The molecule has 0 atom stereocenters. The molecule has 26 heavy (non-hydrogen) atoms. The van der Waals surface area contributed by atoms with Crippen molar-refractivity contribution in [1.29, 1.82) is 0 Å². The summed E-state index contributed by atoms with van der Waals surface area (Å²) in [7, 11) is -4.03. The number of benzene rings is 2. The normalized spacial score (nSPS) is 11.7. The number of hydrogen-bond donors (Lipinski definition) is 1. The van der Waals surface area contributed by atoms with Crippen LogP contribution in [0.2, 0.25) is 5.02 Å². The molecule has 2 aromatic carbocycles. The monoisotopic (exact) mass is 397 g/mol. The van der Waals surface area contributed by atoms with Gasteiger partial charge in [-0.05, 0) is 30.5 Å². The van der Waals surface area contributed by atoms with Crippen LogP contribution in [-0.4, -0.2) is 37.3 Å². The highest BCUT2D eigenvalue weighted by Crippen LogP contribution is 2.34. The van der Waals surface area contributed by atoms with Gasteiger partial charge in [0.1, 0.15) is 9.92 Å². The van der Waals surface area contributed by atoms with Gasteiger partial charge >= 0.3 is 0 Å². The van der Waals surface area contributed by atoms with Crippen LogP contribution in [0.15, 0.2) is 47.4 Å². The molecule has 0 amide bonds. The van der Waals surface area contributed by atoms with Crippen LogP contribution in [0, 0.1) is 17.0 Å². The maximum atomic E-state index is 13.1. The second-order valence-electron chi connectivity index (χ2n) is 5.78. The predicted molar refractivity (Wildman–Crippen MR) is 101 cm³/mol. The van der Waals surface area contributed by atoms with E-state index in [-0.39, 0.29) is 29.6 Å². The molecular formula is C17H20ClN3O4S. The number of aryl methyl sites for hydroxylation is 1. The average molecular weight is 398 g/mol. The van der Waals surface area contributed by atoms with Gasteiger partial charge in [-0.15, -0.1) is 0 Å². The Balaban J connectivity index is 2.39. The van der Waals surface area contributed by atoms with E-state index in [1.54, 1.807) is 6.92 Å². The molecular weight excluding hydrogens is 378 g/mol. The first-order valence-electron chi connectivity index (χ1n) is 7.96. The summed E-state index contributed by atoms with van der Waals surface area (Å²) in [5.41, 5.74) is 6.56. The topological polar surface area (TPSA) is 107 Å². The Bertz CT molecular complexity index is 888. The van der Waals surface area contributed by atoms with Crippen molar-refractivity contribution < 1.29 is 13.3 Å². The fourth-order valence-corrected chi connectivity index (χ4v) is 4.66. The third-order valence-corrected chi connectivity index (χ3v) is 6.28. The van der Waals surface area contributed by atoms with Crippen molar-refractivity contribution in [1.82, 2.24) is 4.31 Å². The fraction of sp³-hybridized carbons (Fsp3) is 0.294. The molecule has 2 aromatic rings. The van der Waals surface area contributed by atoms with Crippen LogP contribution in [0.1, 0.15) is 11.1 Å². The third-order valence-electron chi connectivity index (χ3n) is 3.85. The van der Waals surface area contributed by atoms with E-state index in [0.29, 0.717) is 12.0 Å². The molecule has 0 aliphatic heterocycles. The number of halogens is 1. The molecule has 0 saturated carbocycles. The first kappa shape index (κ1) is 20.3. The standard InChI is InChI=1S/C17H20ClN3O4S/c1-13-11-15(21(22)23)17(18)16(12-13)26(24,25)20(10-8-19)9-7-14-5-3-2-4-6-14/h2-6,11-12H,7-10,19H2,1H3. The van der Waals surface area contributed by atoms with E-state index in [4.69, 9.17) is 17.3 Å². The number of sulfonamides is 1. The Kier molecular flexibility index (Phi) is 6.71. The van der Waals surface area contributed by atoms with Gasteiger partial charge in [0.2, 0.25) is 10.0 Å². The minimum atomic E-state index is -4.03. The van der Waals surface area contributed by atoms with Gasteiger partial charge in [0.15, 0.2) is 0 Å². The molecule has 0 heterocycles. The molecule has 0 fully saturated rings. The lowest BCUT2D eigenvalue weighted by molar-refractivity contribution is -0.385. The summed E-state index contributed by atoms with van der Waals surface area (Å²) in [4.78, 5) is 10.2. The second-order valence-corrected chi connectivity index (χ2v) is 8.07. The van der Waals surface area contributed by atoms with Crippen LogP contribution >= 0.6 is 11.6 Å². The molecule has 140 valence electrons. The molecule has 0 spiro atoms. The molecule has 0 unspecified atom stereocenters.